The van der Waals surface area contributed by atoms with E-state index in [2.05, 4.69) is 49.2 Å². The second kappa shape index (κ2) is 7.19. The number of anilines is 1. The fourth-order valence-electron chi connectivity index (χ4n) is 2.76. The highest BCUT2D eigenvalue weighted by molar-refractivity contribution is 5.86. The second-order valence-corrected chi connectivity index (χ2v) is 5.63. The molecule has 3 rings (SSSR count). The van der Waals surface area contributed by atoms with Gasteiger partial charge in [0.05, 0.1) is 19.5 Å². The summed E-state index contributed by atoms with van der Waals surface area (Å²) in [6.07, 6.45) is 4.07. The van der Waals surface area contributed by atoms with E-state index < -0.39 is 5.97 Å². The standard InChI is InChI=1S/C17H20N4O2/c1-23-17(22)15-9-19-16(10-18-15)20-14-7-8-21(12-14)11-13-5-3-2-4-6-13/h2-6,9-10,14H,7-8,11-12H2,1H3,(H,19,20)/t14-/m1/s1. The Kier molecular flexibility index (Phi) is 4.83. The van der Waals surface area contributed by atoms with Crippen LogP contribution in [-0.4, -0.2) is 47.1 Å². The van der Waals surface area contributed by atoms with E-state index in [1.54, 1.807) is 6.20 Å². The first kappa shape index (κ1) is 15.4. The number of benzene rings is 1. The van der Waals surface area contributed by atoms with E-state index in [4.69, 9.17) is 0 Å². The van der Waals surface area contributed by atoms with Gasteiger partial charge in [0.2, 0.25) is 0 Å². The summed E-state index contributed by atoms with van der Waals surface area (Å²) in [4.78, 5) is 22.0. The smallest absolute Gasteiger partial charge is 0.358 e. The molecule has 1 aliphatic heterocycles. The first-order valence-corrected chi connectivity index (χ1v) is 7.68. The van der Waals surface area contributed by atoms with E-state index in [-0.39, 0.29) is 5.69 Å². The van der Waals surface area contributed by atoms with Gasteiger partial charge in [-0.3, -0.25) is 4.90 Å². The summed E-state index contributed by atoms with van der Waals surface area (Å²) < 4.78 is 4.61. The van der Waals surface area contributed by atoms with Crippen LogP contribution in [0.2, 0.25) is 0 Å². The Morgan fingerprint density at radius 1 is 1.30 bits per heavy atom. The number of hydrogen-bond acceptors (Lipinski definition) is 6. The zero-order valence-electron chi connectivity index (χ0n) is 13.1. The first-order chi connectivity index (χ1) is 11.2. The van der Waals surface area contributed by atoms with Gasteiger partial charge in [0.15, 0.2) is 5.69 Å². The zero-order chi connectivity index (χ0) is 16.1. The van der Waals surface area contributed by atoms with Crippen molar-refractivity contribution < 1.29 is 9.53 Å². The van der Waals surface area contributed by atoms with Gasteiger partial charge in [0.1, 0.15) is 5.82 Å². The number of methoxy groups -OCH3 is 1. The summed E-state index contributed by atoms with van der Waals surface area (Å²) in [5.41, 5.74) is 1.55. The topological polar surface area (TPSA) is 67.3 Å². The molecule has 6 heteroatoms. The average molecular weight is 312 g/mol. The Morgan fingerprint density at radius 3 is 2.83 bits per heavy atom. The van der Waals surface area contributed by atoms with Crippen molar-refractivity contribution in [2.45, 2.75) is 19.0 Å². The van der Waals surface area contributed by atoms with Crippen LogP contribution in [0.15, 0.2) is 42.7 Å². The summed E-state index contributed by atoms with van der Waals surface area (Å²) >= 11 is 0. The lowest BCUT2D eigenvalue weighted by Gasteiger charge is -2.17. The number of ether oxygens (including phenoxy) is 1. The summed E-state index contributed by atoms with van der Waals surface area (Å²) in [6.45, 7) is 2.99. The molecule has 1 aromatic carbocycles. The predicted octanol–water partition coefficient (Wildman–Crippen LogP) is 1.95. The van der Waals surface area contributed by atoms with Crippen LogP contribution in [-0.2, 0) is 11.3 Å². The Bertz CT molecular complexity index is 645. The molecule has 1 saturated heterocycles. The molecule has 0 unspecified atom stereocenters. The number of aromatic nitrogens is 2. The maximum atomic E-state index is 11.3. The van der Waals surface area contributed by atoms with Crippen molar-refractivity contribution in [3.8, 4) is 0 Å². The van der Waals surface area contributed by atoms with Gasteiger partial charge in [0.25, 0.3) is 0 Å². The first-order valence-electron chi connectivity index (χ1n) is 7.68. The molecule has 2 heterocycles. The maximum Gasteiger partial charge on any atom is 0.358 e. The summed E-state index contributed by atoms with van der Waals surface area (Å²) in [5.74, 6) is 0.211. The molecular weight excluding hydrogens is 292 g/mol. The molecule has 0 bridgehead atoms. The minimum atomic E-state index is -0.473. The van der Waals surface area contributed by atoms with E-state index in [1.165, 1.54) is 18.9 Å². The third kappa shape index (κ3) is 4.04. The van der Waals surface area contributed by atoms with Gasteiger partial charge in [0, 0.05) is 25.7 Å². The van der Waals surface area contributed by atoms with Crippen molar-refractivity contribution >= 4 is 11.8 Å². The van der Waals surface area contributed by atoms with Crippen LogP contribution >= 0.6 is 0 Å². The summed E-state index contributed by atoms with van der Waals surface area (Å²) in [6, 6.07) is 10.8. The quantitative estimate of drug-likeness (QED) is 0.851. The molecular formula is C17H20N4O2. The van der Waals surface area contributed by atoms with Crippen molar-refractivity contribution in [2.24, 2.45) is 0 Å². The van der Waals surface area contributed by atoms with Gasteiger partial charge < -0.3 is 10.1 Å². The van der Waals surface area contributed by atoms with Crippen molar-refractivity contribution in [2.75, 3.05) is 25.5 Å². The predicted molar refractivity (Wildman–Crippen MR) is 87.1 cm³/mol. The minimum Gasteiger partial charge on any atom is -0.464 e. The van der Waals surface area contributed by atoms with Gasteiger partial charge >= 0.3 is 5.97 Å². The van der Waals surface area contributed by atoms with Gasteiger partial charge in [-0.05, 0) is 12.0 Å². The van der Waals surface area contributed by atoms with Gasteiger partial charge in [-0.2, -0.15) is 0 Å². The number of nitrogens with zero attached hydrogens (tertiary/aromatic N) is 3. The largest absolute Gasteiger partial charge is 0.464 e. The van der Waals surface area contributed by atoms with Crippen LogP contribution in [0.4, 0.5) is 5.82 Å². The lowest BCUT2D eigenvalue weighted by atomic mass is 10.2. The van der Waals surface area contributed by atoms with Crippen molar-refractivity contribution in [1.29, 1.82) is 0 Å². The van der Waals surface area contributed by atoms with Crippen LogP contribution in [0.25, 0.3) is 0 Å². The molecule has 0 spiro atoms. The normalized spacial score (nSPS) is 17.9. The van der Waals surface area contributed by atoms with E-state index >= 15 is 0 Å². The highest BCUT2D eigenvalue weighted by atomic mass is 16.5. The number of rotatable bonds is 5. The van der Waals surface area contributed by atoms with Crippen LogP contribution < -0.4 is 5.32 Å². The van der Waals surface area contributed by atoms with Gasteiger partial charge in [-0.1, -0.05) is 30.3 Å². The van der Waals surface area contributed by atoms with Crippen LogP contribution in [0.5, 0.6) is 0 Å². The minimum absolute atomic E-state index is 0.218. The van der Waals surface area contributed by atoms with Gasteiger partial charge in [-0.25, -0.2) is 14.8 Å². The molecule has 120 valence electrons. The third-order valence-electron chi connectivity index (χ3n) is 3.92. The van der Waals surface area contributed by atoms with E-state index in [0.29, 0.717) is 11.9 Å². The fourth-order valence-corrected chi connectivity index (χ4v) is 2.76. The molecule has 0 aliphatic carbocycles. The fraction of sp³-hybridized carbons (Fsp3) is 0.353. The molecule has 23 heavy (non-hydrogen) atoms. The number of nitrogens with one attached hydrogen (secondary N) is 1. The molecule has 0 amide bonds. The SMILES string of the molecule is COC(=O)c1cnc(N[C@@H]2CCN(Cc3ccccc3)C2)cn1. The molecule has 1 N–H and O–H groups in total. The Morgan fingerprint density at radius 2 is 2.13 bits per heavy atom. The molecule has 0 radical (unpaired) electrons. The molecule has 6 nitrogen and oxygen atoms in total. The second-order valence-electron chi connectivity index (χ2n) is 5.63. The van der Waals surface area contributed by atoms with E-state index in [9.17, 15) is 4.79 Å². The number of carbonyl (C=O) groups is 1. The summed E-state index contributed by atoms with van der Waals surface area (Å²) in [5, 5.41) is 3.37. The van der Waals surface area contributed by atoms with Crippen LogP contribution in [0, 0.1) is 0 Å². The Balaban J connectivity index is 1.52. The lowest BCUT2D eigenvalue weighted by molar-refractivity contribution is 0.0593. The lowest BCUT2D eigenvalue weighted by Crippen LogP contribution is -2.26. The number of hydrogen-bond donors (Lipinski definition) is 1. The molecule has 1 aromatic heterocycles. The number of likely N-dealkylation sites (tertiary alicyclic amines) is 1. The van der Waals surface area contributed by atoms with Crippen LogP contribution in [0.1, 0.15) is 22.5 Å². The average Bonchev–Trinajstić information content (AvgIpc) is 3.02. The molecule has 0 saturated carbocycles. The van der Waals surface area contributed by atoms with Crippen molar-refractivity contribution in [1.82, 2.24) is 14.9 Å². The highest BCUT2D eigenvalue weighted by Gasteiger charge is 2.22. The van der Waals surface area contributed by atoms with E-state index in [1.807, 2.05) is 6.07 Å². The molecule has 2 aromatic rings. The molecule has 1 atom stereocenters. The Hall–Kier alpha value is -2.47. The van der Waals surface area contributed by atoms with Crippen molar-refractivity contribution in [3.05, 3.63) is 54.0 Å². The third-order valence-corrected chi connectivity index (χ3v) is 3.92. The van der Waals surface area contributed by atoms with Crippen molar-refractivity contribution in [3.63, 3.8) is 0 Å². The monoisotopic (exact) mass is 312 g/mol. The van der Waals surface area contributed by atoms with Gasteiger partial charge in [-0.15, -0.1) is 0 Å². The Labute approximate surface area is 135 Å². The molecule has 1 aliphatic rings. The summed E-state index contributed by atoms with van der Waals surface area (Å²) in [7, 11) is 1.33. The number of esters is 1. The number of carbonyl (C=O) groups excluding carboxylic acids is 1. The molecule has 1 fully saturated rings. The zero-order valence-corrected chi connectivity index (χ0v) is 13.1. The highest BCUT2D eigenvalue weighted by Crippen LogP contribution is 2.16. The van der Waals surface area contributed by atoms with Crippen LogP contribution in [0.3, 0.4) is 0 Å². The maximum absolute atomic E-state index is 11.3. The van der Waals surface area contributed by atoms with E-state index in [0.717, 1.165) is 26.1 Å².